The normalized spacial score (nSPS) is 31.6. The van der Waals surface area contributed by atoms with Crippen molar-refractivity contribution in [3.05, 3.63) is 26.4 Å². The Labute approximate surface area is 113 Å². The molecule has 0 aliphatic carbocycles. The van der Waals surface area contributed by atoms with Crippen molar-refractivity contribution in [2.75, 3.05) is 6.61 Å². The molecule has 1 aromatic heterocycles. The van der Waals surface area contributed by atoms with Crippen molar-refractivity contribution < 1.29 is 19.7 Å². The van der Waals surface area contributed by atoms with Gasteiger partial charge < -0.3 is 19.7 Å². The van der Waals surface area contributed by atoms with Gasteiger partial charge in [0, 0.05) is 0 Å². The largest absolute Gasteiger partial charge is 0.475 e. The first kappa shape index (κ1) is 13.3. The van der Waals surface area contributed by atoms with Crippen LogP contribution in [0.2, 0.25) is 0 Å². The van der Waals surface area contributed by atoms with E-state index in [4.69, 9.17) is 9.47 Å². The Morgan fingerprint density at radius 3 is 2.80 bits per heavy atom. The molecule has 8 nitrogen and oxygen atoms in total. The lowest BCUT2D eigenvalue weighted by atomic mass is 10.1. The van der Waals surface area contributed by atoms with Gasteiger partial charge in [-0.1, -0.05) is 13.3 Å². The molecule has 0 amide bonds. The monoisotopic (exact) mass is 284 g/mol. The summed E-state index contributed by atoms with van der Waals surface area (Å²) < 4.78 is 12.0. The van der Waals surface area contributed by atoms with E-state index in [2.05, 4.69) is 4.98 Å². The van der Waals surface area contributed by atoms with Crippen molar-refractivity contribution in [1.29, 1.82) is 0 Å². The molecule has 110 valence electrons. The minimum absolute atomic E-state index is 0.0195. The minimum atomic E-state index is -1.24. The van der Waals surface area contributed by atoms with Crippen LogP contribution in [0, 0.1) is 0 Å². The van der Waals surface area contributed by atoms with Gasteiger partial charge in [0.2, 0.25) is 5.88 Å². The summed E-state index contributed by atoms with van der Waals surface area (Å²) in [6.07, 6.45) is -2.98. The third kappa shape index (κ3) is 1.80. The highest BCUT2D eigenvalue weighted by molar-refractivity contribution is 5.26. The maximum Gasteiger partial charge on any atom is 0.333 e. The van der Waals surface area contributed by atoms with Crippen LogP contribution in [0.25, 0.3) is 0 Å². The molecule has 1 saturated heterocycles. The van der Waals surface area contributed by atoms with Gasteiger partial charge in [0.05, 0.1) is 5.56 Å². The first-order valence-corrected chi connectivity index (χ1v) is 6.56. The van der Waals surface area contributed by atoms with Crippen molar-refractivity contribution in [2.24, 2.45) is 0 Å². The smallest absolute Gasteiger partial charge is 0.333 e. The van der Waals surface area contributed by atoms with E-state index in [-0.39, 0.29) is 12.5 Å². The fourth-order valence-corrected chi connectivity index (χ4v) is 2.67. The van der Waals surface area contributed by atoms with Crippen molar-refractivity contribution in [2.45, 2.75) is 44.3 Å². The first-order chi connectivity index (χ1) is 9.54. The summed E-state index contributed by atoms with van der Waals surface area (Å²) in [5.41, 5.74) is -0.857. The zero-order valence-electron chi connectivity index (χ0n) is 10.9. The summed E-state index contributed by atoms with van der Waals surface area (Å²) in [6, 6.07) is 0. The van der Waals surface area contributed by atoms with E-state index < -0.39 is 35.8 Å². The average Bonchev–Trinajstić information content (AvgIpc) is 2.61. The van der Waals surface area contributed by atoms with Crippen molar-refractivity contribution in [3.8, 4) is 5.88 Å². The molecule has 0 unspecified atom stereocenters. The number of rotatable bonds is 2. The number of fused-ring (bicyclic) bond motifs is 4. The van der Waals surface area contributed by atoms with Crippen molar-refractivity contribution >= 4 is 0 Å². The number of nitrogens with one attached hydrogen (secondary N) is 1. The van der Waals surface area contributed by atoms with Gasteiger partial charge in [0.1, 0.15) is 24.9 Å². The molecule has 2 aliphatic rings. The molecule has 3 rings (SSSR count). The quantitative estimate of drug-likeness (QED) is 0.609. The average molecular weight is 284 g/mol. The number of aliphatic hydroxyl groups is 2. The number of ether oxygens (including phenoxy) is 2. The maximum absolute atomic E-state index is 12.0. The summed E-state index contributed by atoms with van der Waals surface area (Å²) in [7, 11) is 0. The third-order valence-electron chi connectivity index (χ3n) is 3.67. The van der Waals surface area contributed by atoms with E-state index in [1.165, 1.54) is 0 Å². The van der Waals surface area contributed by atoms with Crippen LogP contribution < -0.4 is 16.0 Å². The molecule has 20 heavy (non-hydrogen) atoms. The fourth-order valence-electron chi connectivity index (χ4n) is 2.67. The van der Waals surface area contributed by atoms with Crippen LogP contribution in [0.5, 0.6) is 5.88 Å². The molecule has 2 bridgehead atoms. The highest BCUT2D eigenvalue weighted by atomic mass is 16.6. The number of hydrogen-bond acceptors (Lipinski definition) is 6. The van der Waals surface area contributed by atoms with Crippen LogP contribution in [-0.4, -0.2) is 44.7 Å². The molecule has 8 heteroatoms. The summed E-state index contributed by atoms with van der Waals surface area (Å²) in [5.74, 6) is 0.124. The standard InChI is InChI=1S/C12H16N2O6/c1-2-3-5-9(17)13-12(18)14-10(5)19-4-6-7(15)8(16)11(14)20-6/h6-8,11,15-16H,2-4H2,1H3,(H,13,17,18)/t6-,7-,8-,11-/m1/s1. The van der Waals surface area contributed by atoms with E-state index >= 15 is 0 Å². The Bertz CT molecular complexity index is 636. The molecular weight excluding hydrogens is 268 g/mol. The third-order valence-corrected chi connectivity index (χ3v) is 3.67. The summed E-state index contributed by atoms with van der Waals surface area (Å²) in [6.45, 7) is 1.88. The summed E-state index contributed by atoms with van der Waals surface area (Å²) >= 11 is 0. The molecule has 4 atom stereocenters. The molecule has 3 N–H and O–H groups in total. The molecule has 2 aliphatic heterocycles. The SMILES string of the molecule is CCCc1c2n(c(=O)[nH]c1=O)[C@@H]1O[C@H](CO2)[C@@H](O)[C@H]1O. The summed E-state index contributed by atoms with van der Waals surface area (Å²) in [4.78, 5) is 26.1. The maximum atomic E-state index is 12.0. The second-order valence-electron chi connectivity index (χ2n) is 5.02. The Morgan fingerprint density at radius 2 is 2.10 bits per heavy atom. The summed E-state index contributed by atoms with van der Waals surface area (Å²) in [5, 5.41) is 19.8. The zero-order valence-corrected chi connectivity index (χ0v) is 10.9. The first-order valence-electron chi connectivity index (χ1n) is 6.56. The van der Waals surface area contributed by atoms with Gasteiger partial charge >= 0.3 is 5.69 Å². The second-order valence-corrected chi connectivity index (χ2v) is 5.02. The Balaban J connectivity index is 2.21. The van der Waals surface area contributed by atoms with Gasteiger partial charge in [-0.25, -0.2) is 9.36 Å². The van der Waals surface area contributed by atoms with Gasteiger partial charge in [-0.2, -0.15) is 0 Å². The zero-order chi connectivity index (χ0) is 14.4. The fraction of sp³-hybridized carbons (Fsp3) is 0.667. The molecule has 0 saturated carbocycles. The highest BCUT2D eigenvalue weighted by Crippen LogP contribution is 2.35. The van der Waals surface area contributed by atoms with Crippen LogP contribution in [0.4, 0.5) is 0 Å². The molecule has 0 radical (unpaired) electrons. The number of H-pyrrole nitrogens is 1. The predicted molar refractivity (Wildman–Crippen MR) is 66.7 cm³/mol. The van der Waals surface area contributed by atoms with E-state index in [1.807, 2.05) is 6.92 Å². The van der Waals surface area contributed by atoms with Crippen LogP contribution >= 0.6 is 0 Å². The highest BCUT2D eigenvalue weighted by Gasteiger charge is 2.47. The van der Waals surface area contributed by atoms with Crippen molar-refractivity contribution in [1.82, 2.24) is 9.55 Å². The Morgan fingerprint density at radius 1 is 1.35 bits per heavy atom. The van der Waals surface area contributed by atoms with Gasteiger partial charge in [-0.05, 0) is 6.42 Å². The molecule has 0 spiro atoms. The molecule has 0 aromatic carbocycles. The lowest BCUT2D eigenvalue weighted by molar-refractivity contribution is -0.0337. The molecule has 1 aromatic rings. The van der Waals surface area contributed by atoms with Gasteiger partial charge in [0.15, 0.2) is 6.23 Å². The second kappa shape index (κ2) is 4.72. The van der Waals surface area contributed by atoms with E-state index in [9.17, 15) is 19.8 Å². The number of nitrogens with zero attached hydrogens (tertiary/aromatic N) is 1. The predicted octanol–water partition coefficient (Wildman–Crippen LogP) is -1.50. The topological polar surface area (TPSA) is 114 Å². The molecule has 1 fully saturated rings. The van der Waals surface area contributed by atoms with Crippen molar-refractivity contribution in [3.63, 3.8) is 0 Å². The number of aromatic amines is 1. The lowest BCUT2D eigenvalue weighted by Gasteiger charge is -2.22. The van der Waals surface area contributed by atoms with E-state index in [1.54, 1.807) is 0 Å². The van der Waals surface area contributed by atoms with Crippen LogP contribution in [0.15, 0.2) is 9.59 Å². The van der Waals surface area contributed by atoms with Gasteiger partial charge in [-0.15, -0.1) is 0 Å². The van der Waals surface area contributed by atoms with Gasteiger partial charge in [-0.3, -0.25) is 9.78 Å². The lowest BCUT2D eigenvalue weighted by Crippen LogP contribution is -2.42. The van der Waals surface area contributed by atoms with Crippen LogP contribution in [0.3, 0.4) is 0 Å². The number of aromatic nitrogens is 2. The molecular formula is C12H16N2O6. The molecule has 3 heterocycles. The Kier molecular flexibility index (Phi) is 3.15. The van der Waals surface area contributed by atoms with E-state index in [0.717, 1.165) is 4.57 Å². The van der Waals surface area contributed by atoms with E-state index in [0.29, 0.717) is 18.4 Å². The van der Waals surface area contributed by atoms with Crippen LogP contribution in [-0.2, 0) is 11.2 Å². The minimum Gasteiger partial charge on any atom is -0.475 e. The number of hydrogen-bond donors (Lipinski definition) is 3. The Hall–Kier alpha value is -1.64. The van der Waals surface area contributed by atoms with Gasteiger partial charge in [0.25, 0.3) is 5.56 Å². The van der Waals surface area contributed by atoms with Crippen LogP contribution in [0.1, 0.15) is 25.1 Å². The number of aliphatic hydroxyl groups excluding tert-OH is 2.